The highest BCUT2D eigenvalue weighted by atomic mass is 16.6. The fourth-order valence-electron chi connectivity index (χ4n) is 1.49. The first-order valence-corrected chi connectivity index (χ1v) is 4.64. The number of allylic oxidation sites excluding steroid dienone is 4. The van der Waals surface area contributed by atoms with Gasteiger partial charge in [-0.2, -0.15) is 5.10 Å². The average molecular weight is 219 g/mol. The second-order valence-corrected chi connectivity index (χ2v) is 3.23. The smallest absolute Gasteiger partial charge is 0.276 e. The lowest BCUT2D eigenvalue weighted by Crippen LogP contribution is -2.06. The Kier molecular flexibility index (Phi) is 2.55. The molecule has 16 heavy (non-hydrogen) atoms. The van der Waals surface area contributed by atoms with Crippen LogP contribution in [0.4, 0.5) is 0 Å². The molecule has 0 atom stereocenters. The Hall–Kier alpha value is -2.37. The van der Waals surface area contributed by atoms with Gasteiger partial charge in [-0.1, -0.05) is 12.2 Å². The summed E-state index contributed by atoms with van der Waals surface area (Å²) in [7, 11) is 0. The van der Waals surface area contributed by atoms with Crippen molar-refractivity contribution in [2.45, 2.75) is 6.42 Å². The minimum atomic E-state index is -0.512. The highest BCUT2D eigenvalue weighted by Crippen LogP contribution is 2.26. The van der Waals surface area contributed by atoms with Crippen LogP contribution >= 0.6 is 0 Å². The number of rotatable bonds is 2. The average Bonchev–Trinajstić information content (AvgIpc) is 2.81. The van der Waals surface area contributed by atoms with Crippen LogP contribution in [-0.4, -0.2) is 20.2 Å². The number of H-pyrrole nitrogens is 1. The molecule has 1 aromatic rings. The number of nitrogens with one attached hydrogen (secondary N) is 1. The molecule has 0 bridgehead atoms. The maximum Gasteiger partial charge on any atom is 0.276 e. The van der Waals surface area contributed by atoms with Gasteiger partial charge >= 0.3 is 0 Å². The second kappa shape index (κ2) is 4.01. The van der Waals surface area contributed by atoms with Crippen molar-refractivity contribution in [1.82, 2.24) is 10.2 Å². The van der Waals surface area contributed by atoms with Gasteiger partial charge in [-0.15, -0.1) is 0 Å². The molecule has 2 rings (SSSR count). The Balaban J connectivity index is 2.47. The summed E-state index contributed by atoms with van der Waals surface area (Å²) in [5.74, 6) is -0.159. The third-order valence-corrected chi connectivity index (χ3v) is 2.25. The molecule has 0 radical (unpaired) electrons. The largest absolute Gasteiger partial charge is 0.505 e. The Morgan fingerprint density at radius 3 is 3.06 bits per heavy atom. The first kappa shape index (κ1) is 10.2. The molecule has 1 heterocycles. The monoisotopic (exact) mass is 219 g/mol. The van der Waals surface area contributed by atoms with Crippen molar-refractivity contribution >= 4 is 5.76 Å². The summed E-state index contributed by atoms with van der Waals surface area (Å²) in [6.07, 6.45) is 6.57. The van der Waals surface area contributed by atoms with Crippen molar-refractivity contribution in [2.75, 3.05) is 0 Å². The maximum absolute atomic E-state index is 10.8. The van der Waals surface area contributed by atoms with E-state index in [1.54, 1.807) is 24.4 Å². The molecule has 0 amide bonds. The van der Waals surface area contributed by atoms with Crippen molar-refractivity contribution < 1.29 is 10.0 Å². The standard InChI is InChI=1S/C10H9N3O3/c14-10(8-5-6-11-12-8)7-3-1-2-4-9(7)13(15)16/h1-2,4-6,14H,3H2,(H,11,12). The highest BCUT2D eigenvalue weighted by Gasteiger charge is 2.23. The number of aliphatic hydroxyl groups excluding tert-OH is 1. The fraction of sp³-hybridized carbons (Fsp3) is 0.100. The van der Waals surface area contributed by atoms with Gasteiger partial charge < -0.3 is 5.11 Å². The number of aromatic amines is 1. The number of hydrogen-bond donors (Lipinski definition) is 2. The summed E-state index contributed by atoms with van der Waals surface area (Å²) in [6.45, 7) is 0. The van der Waals surface area contributed by atoms with Crippen molar-refractivity contribution in [3.8, 4) is 0 Å². The Labute approximate surface area is 90.8 Å². The minimum absolute atomic E-state index is 0.0944. The first-order valence-electron chi connectivity index (χ1n) is 4.64. The van der Waals surface area contributed by atoms with Gasteiger partial charge in [-0.3, -0.25) is 15.2 Å². The molecule has 0 saturated carbocycles. The number of nitrogens with zero attached hydrogens (tertiary/aromatic N) is 2. The molecule has 0 fully saturated rings. The zero-order valence-electron chi connectivity index (χ0n) is 8.25. The lowest BCUT2D eigenvalue weighted by atomic mass is 10.0. The molecule has 0 unspecified atom stereocenters. The molecule has 6 heteroatoms. The van der Waals surface area contributed by atoms with E-state index in [1.165, 1.54) is 6.08 Å². The van der Waals surface area contributed by atoms with E-state index in [0.29, 0.717) is 12.1 Å². The van der Waals surface area contributed by atoms with Gasteiger partial charge in [0.2, 0.25) is 0 Å². The first-order chi connectivity index (χ1) is 7.70. The Bertz CT molecular complexity index is 497. The third kappa shape index (κ3) is 1.72. The van der Waals surface area contributed by atoms with Crippen LogP contribution in [0.5, 0.6) is 0 Å². The molecule has 6 nitrogen and oxygen atoms in total. The second-order valence-electron chi connectivity index (χ2n) is 3.23. The normalized spacial score (nSPS) is 18.1. The Morgan fingerprint density at radius 1 is 1.62 bits per heavy atom. The fourth-order valence-corrected chi connectivity index (χ4v) is 1.49. The number of aliphatic hydroxyl groups is 1. The number of aromatic nitrogens is 2. The highest BCUT2D eigenvalue weighted by molar-refractivity contribution is 5.63. The van der Waals surface area contributed by atoms with Crippen LogP contribution in [0.25, 0.3) is 5.76 Å². The van der Waals surface area contributed by atoms with Crippen molar-refractivity contribution in [2.24, 2.45) is 0 Å². The summed E-state index contributed by atoms with van der Waals surface area (Å²) >= 11 is 0. The van der Waals surface area contributed by atoms with Crippen LogP contribution in [0.2, 0.25) is 0 Å². The molecule has 2 N–H and O–H groups in total. The number of nitro groups is 1. The molecule has 1 aromatic heterocycles. The van der Waals surface area contributed by atoms with E-state index in [9.17, 15) is 15.2 Å². The molecule has 1 aliphatic rings. The van der Waals surface area contributed by atoms with E-state index in [1.807, 2.05) is 0 Å². The molecular weight excluding hydrogens is 210 g/mol. The topological polar surface area (TPSA) is 92.0 Å². The van der Waals surface area contributed by atoms with Crippen LogP contribution < -0.4 is 0 Å². The van der Waals surface area contributed by atoms with Gasteiger partial charge in [0, 0.05) is 18.7 Å². The third-order valence-electron chi connectivity index (χ3n) is 2.25. The lowest BCUT2D eigenvalue weighted by Gasteiger charge is -2.07. The quantitative estimate of drug-likeness (QED) is 0.450. The van der Waals surface area contributed by atoms with Crippen LogP contribution in [0.1, 0.15) is 12.1 Å². The van der Waals surface area contributed by atoms with Crippen LogP contribution in [-0.2, 0) is 0 Å². The van der Waals surface area contributed by atoms with Crippen LogP contribution in [0, 0.1) is 10.1 Å². The van der Waals surface area contributed by atoms with E-state index >= 15 is 0 Å². The van der Waals surface area contributed by atoms with Crippen molar-refractivity contribution in [3.05, 3.63) is 57.6 Å². The van der Waals surface area contributed by atoms with Gasteiger partial charge in [0.1, 0.15) is 5.69 Å². The predicted octanol–water partition coefficient (Wildman–Crippen LogP) is 1.80. The molecule has 82 valence electrons. The number of hydrogen-bond acceptors (Lipinski definition) is 4. The summed E-state index contributed by atoms with van der Waals surface area (Å²) in [4.78, 5) is 10.3. The SMILES string of the molecule is O=[N+]([O-])C1=CC=CCC1=C(O)c1cc[nH]n1. The molecule has 0 aromatic carbocycles. The maximum atomic E-state index is 10.8. The van der Waals surface area contributed by atoms with Crippen LogP contribution in [0.3, 0.4) is 0 Å². The zero-order valence-corrected chi connectivity index (χ0v) is 8.25. The van der Waals surface area contributed by atoms with Crippen molar-refractivity contribution in [1.29, 1.82) is 0 Å². The lowest BCUT2D eigenvalue weighted by molar-refractivity contribution is -0.421. The summed E-state index contributed by atoms with van der Waals surface area (Å²) in [5, 5.41) is 27.0. The molecular formula is C10H9N3O3. The van der Waals surface area contributed by atoms with E-state index in [0.717, 1.165) is 0 Å². The predicted molar refractivity (Wildman–Crippen MR) is 57.0 cm³/mol. The summed E-state index contributed by atoms with van der Waals surface area (Å²) < 4.78 is 0. The molecule has 0 aliphatic heterocycles. The van der Waals surface area contributed by atoms with Gasteiger partial charge in [0.15, 0.2) is 5.76 Å². The van der Waals surface area contributed by atoms with Crippen molar-refractivity contribution in [3.63, 3.8) is 0 Å². The van der Waals surface area contributed by atoms with E-state index < -0.39 is 4.92 Å². The van der Waals surface area contributed by atoms with Gasteiger partial charge in [-0.05, 0) is 6.07 Å². The molecule has 0 spiro atoms. The van der Waals surface area contributed by atoms with Gasteiger partial charge in [0.05, 0.1) is 10.5 Å². The molecule has 1 aliphatic carbocycles. The summed E-state index contributed by atoms with van der Waals surface area (Å²) in [6, 6.07) is 1.55. The minimum Gasteiger partial charge on any atom is -0.505 e. The molecule has 0 saturated heterocycles. The van der Waals surface area contributed by atoms with E-state index in [-0.39, 0.29) is 17.0 Å². The van der Waals surface area contributed by atoms with Gasteiger partial charge in [-0.25, -0.2) is 0 Å². The van der Waals surface area contributed by atoms with E-state index in [2.05, 4.69) is 10.2 Å². The van der Waals surface area contributed by atoms with Gasteiger partial charge in [0.25, 0.3) is 5.70 Å². The van der Waals surface area contributed by atoms with Crippen LogP contribution in [0.15, 0.2) is 41.8 Å². The summed E-state index contributed by atoms with van der Waals surface area (Å²) in [5.41, 5.74) is 0.487. The zero-order chi connectivity index (χ0) is 11.5. The Morgan fingerprint density at radius 2 is 2.44 bits per heavy atom. The van der Waals surface area contributed by atoms with E-state index in [4.69, 9.17) is 0 Å².